The van der Waals surface area contributed by atoms with Gasteiger partial charge in [0.25, 0.3) is 5.91 Å². The zero-order chi connectivity index (χ0) is 22.9. The lowest BCUT2D eigenvalue weighted by Crippen LogP contribution is -2.36. The quantitative estimate of drug-likeness (QED) is 0.427. The lowest BCUT2D eigenvalue weighted by atomic mass is 9.85. The molecule has 2 aliphatic rings. The predicted octanol–water partition coefficient (Wildman–Crippen LogP) is 3.96. The maximum Gasteiger partial charge on any atom is 0.291 e. The van der Waals surface area contributed by atoms with Crippen molar-refractivity contribution in [1.29, 1.82) is 5.26 Å². The third-order valence-corrected chi connectivity index (χ3v) is 6.16. The van der Waals surface area contributed by atoms with Crippen LogP contribution in [0.5, 0.6) is 0 Å². The van der Waals surface area contributed by atoms with Crippen LogP contribution in [0.4, 0.5) is 5.69 Å². The molecule has 1 aromatic rings. The zero-order valence-corrected chi connectivity index (χ0v) is 18.9. The van der Waals surface area contributed by atoms with E-state index in [2.05, 4.69) is 33.8 Å². The number of anilines is 1. The van der Waals surface area contributed by atoms with Crippen LogP contribution in [0, 0.1) is 11.3 Å². The fourth-order valence-electron chi connectivity index (χ4n) is 4.37. The second-order valence-electron chi connectivity index (χ2n) is 8.19. The SMILES string of the molecule is CN=C(N/C=C/C#N)C(=O)Nc1ccc(C2CCN(C(C)=O)CC2)cc1C1=CCCCC1. The molecule has 1 heterocycles. The summed E-state index contributed by atoms with van der Waals surface area (Å²) in [5.41, 5.74) is 4.35. The Morgan fingerprint density at radius 1 is 1.25 bits per heavy atom. The van der Waals surface area contributed by atoms with Crippen LogP contribution in [-0.2, 0) is 9.59 Å². The van der Waals surface area contributed by atoms with Gasteiger partial charge in [-0.1, -0.05) is 12.1 Å². The molecule has 0 unspecified atom stereocenters. The van der Waals surface area contributed by atoms with Crippen LogP contribution in [0.15, 0.2) is 41.5 Å². The number of nitriles is 1. The number of hydrogen-bond acceptors (Lipinski definition) is 4. The van der Waals surface area contributed by atoms with Gasteiger partial charge in [-0.2, -0.15) is 5.26 Å². The van der Waals surface area contributed by atoms with Crippen molar-refractivity contribution in [2.75, 3.05) is 25.5 Å². The van der Waals surface area contributed by atoms with Crippen LogP contribution in [-0.4, -0.2) is 42.7 Å². The van der Waals surface area contributed by atoms with Crippen LogP contribution < -0.4 is 10.6 Å². The summed E-state index contributed by atoms with van der Waals surface area (Å²) >= 11 is 0. The molecule has 0 saturated carbocycles. The average molecular weight is 434 g/mol. The number of piperidine rings is 1. The number of aliphatic imine (C=N–C) groups is 1. The van der Waals surface area contributed by atoms with E-state index in [0.29, 0.717) is 5.92 Å². The first-order valence-corrected chi connectivity index (χ1v) is 11.2. The largest absolute Gasteiger partial charge is 0.343 e. The van der Waals surface area contributed by atoms with Crippen molar-refractivity contribution in [3.63, 3.8) is 0 Å². The minimum Gasteiger partial charge on any atom is -0.343 e. The first kappa shape index (κ1) is 23.3. The maximum atomic E-state index is 12.8. The van der Waals surface area contributed by atoms with Gasteiger partial charge in [-0.25, -0.2) is 0 Å². The summed E-state index contributed by atoms with van der Waals surface area (Å²) in [5, 5.41) is 14.4. The lowest BCUT2D eigenvalue weighted by Gasteiger charge is -2.32. The van der Waals surface area contributed by atoms with Crippen molar-refractivity contribution in [1.82, 2.24) is 10.2 Å². The van der Waals surface area contributed by atoms with Crippen LogP contribution in [0.1, 0.15) is 62.5 Å². The van der Waals surface area contributed by atoms with Gasteiger partial charge in [0.05, 0.1) is 6.07 Å². The van der Waals surface area contributed by atoms with Gasteiger partial charge in [0.15, 0.2) is 5.84 Å². The molecular weight excluding hydrogens is 402 g/mol. The number of likely N-dealkylation sites (tertiary alicyclic amines) is 1. The Morgan fingerprint density at radius 2 is 2.03 bits per heavy atom. The molecule has 7 heteroatoms. The molecule has 0 atom stereocenters. The van der Waals surface area contributed by atoms with E-state index in [1.54, 1.807) is 6.92 Å². The van der Waals surface area contributed by atoms with E-state index in [0.717, 1.165) is 56.4 Å². The summed E-state index contributed by atoms with van der Waals surface area (Å²) in [4.78, 5) is 30.3. The van der Waals surface area contributed by atoms with E-state index in [4.69, 9.17) is 5.26 Å². The number of amidine groups is 1. The molecule has 0 spiro atoms. The number of nitrogens with one attached hydrogen (secondary N) is 2. The van der Waals surface area contributed by atoms with Crippen LogP contribution in [0.3, 0.4) is 0 Å². The van der Waals surface area contributed by atoms with E-state index >= 15 is 0 Å². The van der Waals surface area contributed by atoms with E-state index in [-0.39, 0.29) is 17.6 Å². The second kappa shape index (κ2) is 11.3. The van der Waals surface area contributed by atoms with E-state index in [1.165, 1.54) is 36.9 Å². The standard InChI is InChI=1S/C25H31N5O2/c1-18(31)30-15-11-19(12-16-30)21-9-10-23(22(17-21)20-7-4-3-5-8-20)29-25(32)24(27-2)28-14-6-13-26/h6-7,9-10,14,17,19H,3-5,8,11-12,15-16H2,1-2H3,(H,27,28)(H,29,32)/b14-6+. The molecule has 2 N–H and O–H groups in total. The van der Waals surface area contributed by atoms with Crippen LogP contribution in [0.25, 0.3) is 5.57 Å². The smallest absolute Gasteiger partial charge is 0.291 e. The summed E-state index contributed by atoms with van der Waals surface area (Å²) in [6, 6.07) is 8.16. The van der Waals surface area contributed by atoms with Crippen LogP contribution >= 0.6 is 0 Å². The zero-order valence-electron chi connectivity index (χ0n) is 18.9. The van der Waals surface area contributed by atoms with Crippen molar-refractivity contribution in [2.24, 2.45) is 4.99 Å². The molecule has 0 aromatic heterocycles. The average Bonchev–Trinajstić information content (AvgIpc) is 2.82. The Labute approximate surface area is 189 Å². The van der Waals surface area contributed by atoms with Gasteiger partial charge in [0, 0.05) is 50.6 Å². The second-order valence-corrected chi connectivity index (χ2v) is 8.19. The number of allylic oxidation sites excluding steroid dienone is 3. The molecule has 1 aliphatic carbocycles. The highest BCUT2D eigenvalue weighted by Crippen LogP contribution is 2.36. The molecule has 0 radical (unpaired) electrons. The topological polar surface area (TPSA) is 97.6 Å². The van der Waals surface area contributed by atoms with Crippen molar-refractivity contribution < 1.29 is 9.59 Å². The normalized spacial score (nSPS) is 17.6. The minimum absolute atomic E-state index is 0.140. The van der Waals surface area contributed by atoms with Crippen molar-refractivity contribution >= 4 is 28.9 Å². The van der Waals surface area contributed by atoms with Gasteiger partial charge in [-0.15, -0.1) is 0 Å². The number of nitrogens with zero attached hydrogens (tertiary/aromatic N) is 3. The molecule has 32 heavy (non-hydrogen) atoms. The molecule has 1 saturated heterocycles. The fourth-order valence-corrected chi connectivity index (χ4v) is 4.37. The number of carbonyl (C=O) groups is 2. The number of amides is 2. The van der Waals surface area contributed by atoms with E-state index in [1.807, 2.05) is 17.0 Å². The first-order chi connectivity index (χ1) is 15.5. The summed E-state index contributed by atoms with van der Waals surface area (Å²) in [5.74, 6) is 0.334. The number of hydrogen-bond donors (Lipinski definition) is 2. The highest BCUT2D eigenvalue weighted by Gasteiger charge is 2.24. The van der Waals surface area contributed by atoms with Gasteiger partial charge in [0.1, 0.15) is 0 Å². The molecule has 168 valence electrons. The number of rotatable bonds is 4. The molecule has 0 bridgehead atoms. The summed E-state index contributed by atoms with van der Waals surface area (Å²) in [6.07, 6.45) is 11.2. The molecule has 3 rings (SSSR count). The van der Waals surface area contributed by atoms with E-state index < -0.39 is 0 Å². The summed E-state index contributed by atoms with van der Waals surface area (Å²) < 4.78 is 0. The first-order valence-electron chi connectivity index (χ1n) is 11.2. The number of carbonyl (C=O) groups excluding carboxylic acids is 2. The third-order valence-electron chi connectivity index (χ3n) is 6.16. The molecule has 1 fully saturated rings. The Morgan fingerprint density at radius 3 is 2.66 bits per heavy atom. The summed E-state index contributed by atoms with van der Waals surface area (Å²) in [7, 11) is 1.53. The van der Waals surface area contributed by atoms with Crippen molar-refractivity contribution in [3.8, 4) is 6.07 Å². The Hall–Kier alpha value is -3.40. The Balaban J connectivity index is 1.84. The van der Waals surface area contributed by atoms with Gasteiger partial charge >= 0.3 is 0 Å². The van der Waals surface area contributed by atoms with E-state index in [9.17, 15) is 9.59 Å². The fraction of sp³-hybridized carbons (Fsp3) is 0.440. The minimum atomic E-state index is -0.352. The Bertz CT molecular complexity index is 979. The predicted molar refractivity (Wildman–Crippen MR) is 127 cm³/mol. The maximum absolute atomic E-state index is 12.8. The van der Waals surface area contributed by atoms with Gasteiger partial charge in [-0.3, -0.25) is 14.6 Å². The molecule has 7 nitrogen and oxygen atoms in total. The van der Waals surface area contributed by atoms with Gasteiger partial charge in [-0.05, 0) is 67.7 Å². The molecule has 2 amide bonds. The molecular formula is C25H31N5O2. The monoisotopic (exact) mass is 433 g/mol. The Kier molecular flexibility index (Phi) is 8.20. The highest BCUT2D eigenvalue weighted by molar-refractivity contribution is 6.42. The number of benzene rings is 1. The van der Waals surface area contributed by atoms with Crippen LogP contribution in [0.2, 0.25) is 0 Å². The summed E-state index contributed by atoms with van der Waals surface area (Å²) in [6.45, 7) is 3.20. The van der Waals surface area contributed by atoms with Crippen molar-refractivity contribution in [2.45, 2.75) is 51.4 Å². The lowest BCUT2D eigenvalue weighted by molar-refractivity contribution is -0.129. The van der Waals surface area contributed by atoms with Gasteiger partial charge < -0.3 is 15.5 Å². The molecule has 1 aromatic carbocycles. The highest BCUT2D eigenvalue weighted by atomic mass is 16.2. The van der Waals surface area contributed by atoms with Crippen molar-refractivity contribution in [3.05, 3.63) is 47.7 Å². The van der Waals surface area contributed by atoms with Gasteiger partial charge in [0.2, 0.25) is 5.91 Å². The molecule has 1 aliphatic heterocycles. The third kappa shape index (κ3) is 5.85.